The lowest BCUT2D eigenvalue weighted by Crippen LogP contribution is -2.45. The Kier molecular flexibility index (Phi) is 5.53. The maximum absolute atomic E-state index is 11.5. The molecule has 1 saturated heterocycles. The van der Waals surface area contributed by atoms with Crippen LogP contribution in [0.4, 0.5) is 0 Å². The van der Waals surface area contributed by atoms with Crippen LogP contribution in [0, 0.1) is 5.92 Å². The third-order valence-corrected chi connectivity index (χ3v) is 7.36. The summed E-state index contributed by atoms with van der Waals surface area (Å²) in [7, 11) is 1.27. The van der Waals surface area contributed by atoms with Crippen molar-refractivity contribution in [2.45, 2.75) is 36.5 Å². The van der Waals surface area contributed by atoms with Crippen molar-refractivity contribution in [3.05, 3.63) is 24.3 Å². The highest BCUT2D eigenvalue weighted by atomic mass is 32.2. The van der Waals surface area contributed by atoms with Gasteiger partial charge in [-0.15, -0.1) is 0 Å². The molecule has 4 atom stereocenters. The second kappa shape index (κ2) is 7.18. The summed E-state index contributed by atoms with van der Waals surface area (Å²) in [5, 5.41) is 12.7. The van der Waals surface area contributed by atoms with E-state index in [1.165, 1.54) is 4.90 Å². The van der Waals surface area contributed by atoms with Crippen LogP contribution in [-0.4, -0.2) is 41.8 Å². The fraction of sp³-hybridized carbons (Fsp3) is 0.562. The first-order valence-electron chi connectivity index (χ1n) is 7.48. The molecule has 0 bridgehead atoms. The Balaban J connectivity index is 2.28. The summed E-state index contributed by atoms with van der Waals surface area (Å²) in [5.41, 5.74) is 0. The number of ether oxygens (including phenoxy) is 1. The maximum Gasteiger partial charge on any atom is 0.321 e. The number of benzene rings is 1. The van der Waals surface area contributed by atoms with E-state index >= 15 is 0 Å². The number of carboxylic acids is 1. The molecule has 21 heavy (non-hydrogen) atoms. The summed E-state index contributed by atoms with van der Waals surface area (Å²) in [4.78, 5) is 12.8. The molecule has 0 saturated carbocycles. The van der Waals surface area contributed by atoms with Gasteiger partial charge >= 0.3 is 5.97 Å². The van der Waals surface area contributed by atoms with Gasteiger partial charge in [-0.3, -0.25) is 4.79 Å². The van der Waals surface area contributed by atoms with Gasteiger partial charge in [0.1, 0.15) is 11.8 Å². The van der Waals surface area contributed by atoms with E-state index in [9.17, 15) is 9.90 Å². The lowest BCUT2D eigenvalue weighted by Gasteiger charge is -2.31. The normalized spacial score (nSPS) is 28.2. The van der Waals surface area contributed by atoms with Crippen LogP contribution < -0.4 is 10.1 Å². The van der Waals surface area contributed by atoms with E-state index in [4.69, 9.17) is 4.74 Å². The van der Waals surface area contributed by atoms with E-state index in [2.05, 4.69) is 24.4 Å². The van der Waals surface area contributed by atoms with Crippen molar-refractivity contribution in [1.82, 2.24) is 5.32 Å². The Hall–Kier alpha value is -1.20. The molecule has 1 aliphatic rings. The Morgan fingerprint density at radius 3 is 2.95 bits per heavy atom. The molecule has 2 unspecified atom stereocenters. The van der Waals surface area contributed by atoms with Gasteiger partial charge in [0, 0.05) is 5.25 Å². The van der Waals surface area contributed by atoms with E-state index in [0.29, 0.717) is 12.5 Å². The first-order valence-corrected chi connectivity index (χ1v) is 9.07. The van der Waals surface area contributed by atoms with Crippen LogP contribution in [0.5, 0.6) is 5.75 Å². The minimum atomic E-state index is -0.746. The van der Waals surface area contributed by atoms with Crippen molar-refractivity contribution >= 4 is 16.9 Å². The largest absolute Gasteiger partial charge is 0.494 e. The average molecular weight is 311 g/mol. The number of nitrogens with one attached hydrogen (secondary N) is 1. The first kappa shape index (κ1) is 16.2. The zero-order chi connectivity index (χ0) is 15.4. The van der Waals surface area contributed by atoms with Crippen LogP contribution in [0.3, 0.4) is 0 Å². The smallest absolute Gasteiger partial charge is 0.321 e. The third-order valence-electron chi connectivity index (χ3n) is 4.15. The van der Waals surface area contributed by atoms with Gasteiger partial charge in [-0.25, -0.2) is 10.9 Å². The Morgan fingerprint density at radius 1 is 1.57 bits per heavy atom. The fourth-order valence-corrected chi connectivity index (χ4v) is 6.69. The number of hydrogen-bond donors (Lipinski definition) is 3. The monoisotopic (exact) mass is 311 g/mol. The molecular weight excluding hydrogens is 286 g/mol. The predicted molar refractivity (Wildman–Crippen MR) is 87.8 cm³/mol. The quantitative estimate of drug-likeness (QED) is 0.707. The lowest BCUT2D eigenvalue weighted by atomic mass is 9.99. The minimum absolute atomic E-state index is 0.180. The molecule has 2 N–H and O–H groups in total. The van der Waals surface area contributed by atoms with Gasteiger partial charge in [-0.1, -0.05) is 19.1 Å². The van der Waals surface area contributed by atoms with Crippen LogP contribution in [0.15, 0.2) is 29.2 Å². The fourth-order valence-electron chi connectivity index (χ4n) is 3.14. The first-order chi connectivity index (χ1) is 10.1. The van der Waals surface area contributed by atoms with Crippen molar-refractivity contribution in [1.29, 1.82) is 0 Å². The Morgan fingerprint density at radius 2 is 2.33 bits per heavy atom. The average Bonchev–Trinajstić information content (AvgIpc) is 2.82. The van der Waals surface area contributed by atoms with Gasteiger partial charge in [0.2, 0.25) is 0 Å². The molecule has 0 aromatic heterocycles. The third kappa shape index (κ3) is 3.52. The van der Waals surface area contributed by atoms with Crippen molar-refractivity contribution in [2.24, 2.45) is 5.92 Å². The molecule has 2 rings (SSSR count). The minimum Gasteiger partial charge on any atom is -0.494 e. The van der Waals surface area contributed by atoms with E-state index in [1.807, 2.05) is 19.1 Å². The molecular formula is C16H25NO3S. The molecule has 1 aromatic rings. The summed E-state index contributed by atoms with van der Waals surface area (Å²) < 4.78 is 5.58. The molecule has 1 fully saturated rings. The van der Waals surface area contributed by atoms with Gasteiger partial charge < -0.3 is 15.2 Å². The Bertz CT molecular complexity index is 494. The molecule has 118 valence electrons. The SMILES string of the molecule is CCOc1cccc([SH]2CC[C@@H](C)[C@@H]2C(NC)C(=O)O)c1. The molecule has 1 heterocycles. The van der Waals surface area contributed by atoms with Crippen LogP contribution in [0.25, 0.3) is 0 Å². The Labute approximate surface area is 129 Å². The number of thiol groups is 1. The van der Waals surface area contributed by atoms with Crippen LogP contribution >= 0.6 is 10.9 Å². The zero-order valence-corrected chi connectivity index (χ0v) is 13.8. The van der Waals surface area contributed by atoms with Gasteiger partial charge in [0.25, 0.3) is 0 Å². The number of carboxylic acid groups (broad SMARTS) is 1. The molecule has 0 amide bonds. The van der Waals surface area contributed by atoms with Crippen molar-refractivity contribution in [3.63, 3.8) is 0 Å². The zero-order valence-electron chi connectivity index (χ0n) is 12.9. The van der Waals surface area contributed by atoms with E-state index < -0.39 is 22.9 Å². The summed E-state index contributed by atoms with van der Waals surface area (Å²) in [6.07, 6.45) is 1.10. The highest BCUT2D eigenvalue weighted by Gasteiger charge is 2.40. The van der Waals surface area contributed by atoms with Crippen molar-refractivity contribution in [3.8, 4) is 5.75 Å². The van der Waals surface area contributed by atoms with Crippen LogP contribution in [-0.2, 0) is 4.79 Å². The number of carbonyl (C=O) groups is 1. The van der Waals surface area contributed by atoms with E-state index in [1.54, 1.807) is 7.05 Å². The van der Waals surface area contributed by atoms with Crippen LogP contribution in [0.2, 0.25) is 0 Å². The summed E-state index contributed by atoms with van der Waals surface area (Å²) in [6.45, 7) is 4.79. The van der Waals surface area contributed by atoms with Gasteiger partial charge in [-0.2, -0.15) is 0 Å². The summed E-state index contributed by atoms with van der Waals surface area (Å²) in [6, 6.07) is 7.72. The number of likely N-dealkylation sites (N-methyl/N-ethyl adjacent to an activating group) is 1. The van der Waals surface area contributed by atoms with Gasteiger partial charge in [-0.05, 0) is 49.1 Å². The predicted octanol–water partition coefficient (Wildman–Crippen LogP) is 2.53. The molecule has 4 nitrogen and oxygen atoms in total. The van der Waals surface area contributed by atoms with Crippen LogP contribution in [0.1, 0.15) is 20.3 Å². The summed E-state index contributed by atoms with van der Waals surface area (Å²) in [5.74, 6) is 1.67. The van der Waals surface area contributed by atoms with Gasteiger partial charge in [0.15, 0.2) is 0 Å². The highest BCUT2D eigenvalue weighted by Crippen LogP contribution is 2.52. The topological polar surface area (TPSA) is 58.6 Å². The number of rotatable bonds is 6. The number of aliphatic carboxylic acids is 1. The second-order valence-corrected chi connectivity index (χ2v) is 7.98. The standard InChI is InChI=1S/C16H25NO3S/c1-4-20-12-6-5-7-13(10-12)21-9-8-11(2)15(21)14(17-3)16(18)19/h5-7,10-11,14-15,17,21H,4,8-9H2,1-3H3,(H,18,19)/t11-,14?,15-/m1/s1. The van der Waals surface area contributed by atoms with E-state index in [0.717, 1.165) is 17.9 Å². The highest BCUT2D eigenvalue weighted by molar-refractivity contribution is 8.17. The van der Waals surface area contributed by atoms with Gasteiger partial charge in [0.05, 0.1) is 6.61 Å². The molecule has 0 spiro atoms. The molecule has 0 radical (unpaired) electrons. The molecule has 5 heteroatoms. The molecule has 1 aliphatic heterocycles. The molecule has 1 aromatic carbocycles. The van der Waals surface area contributed by atoms with Crippen molar-refractivity contribution in [2.75, 3.05) is 19.4 Å². The molecule has 0 aliphatic carbocycles. The lowest BCUT2D eigenvalue weighted by molar-refractivity contribution is -0.139. The maximum atomic E-state index is 11.5. The van der Waals surface area contributed by atoms with E-state index in [-0.39, 0.29) is 5.25 Å². The summed E-state index contributed by atoms with van der Waals surface area (Å²) >= 11 is 0. The van der Waals surface area contributed by atoms with Crippen molar-refractivity contribution < 1.29 is 14.6 Å². The number of hydrogen-bond acceptors (Lipinski definition) is 3. The second-order valence-electron chi connectivity index (χ2n) is 5.48.